The number of pyridine rings is 2. The van der Waals surface area contributed by atoms with E-state index in [9.17, 15) is 4.55 Å². The van der Waals surface area contributed by atoms with Crippen LogP contribution in [0.2, 0.25) is 0 Å². The van der Waals surface area contributed by atoms with E-state index in [1.807, 2.05) is 30.6 Å². The molecule has 0 saturated heterocycles. The van der Waals surface area contributed by atoms with Crippen LogP contribution in [0.25, 0.3) is 11.1 Å². The highest BCUT2D eigenvalue weighted by Crippen LogP contribution is 2.62. The van der Waals surface area contributed by atoms with Crippen molar-refractivity contribution in [1.82, 2.24) is 9.97 Å². The maximum Gasteiger partial charge on any atom is 0.202 e. The van der Waals surface area contributed by atoms with Crippen LogP contribution in [-0.2, 0) is 11.2 Å². The van der Waals surface area contributed by atoms with Gasteiger partial charge in [-0.25, -0.2) is 9.97 Å². The molecule has 0 aliphatic carbocycles. The number of aromatic nitrogens is 2. The molecule has 6 heterocycles. The summed E-state index contributed by atoms with van der Waals surface area (Å²) in [6, 6.07) is 30.4. The normalized spacial score (nSPS) is 16.1. The first-order chi connectivity index (χ1) is 23.9. The van der Waals surface area contributed by atoms with Gasteiger partial charge in [-0.1, -0.05) is 81.2 Å². The average molecular weight is 711 g/mol. The third-order valence-electron chi connectivity index (χ3n) is 9.63. The van der Waals surface area contributed by atoms with E-state index in [-0.39, 0.29) is 0 Å². The summed E-state index contributed by atoms with van der Waals surface area (Å²) >= 11 is 3.94. The van der Waals surface area contributed by atoms with Crippen molar-refractivity contribution in [3.8, 4) is 11.1 Å². The van der Waals surface area contributed by atoms with Gasteiger partial charge in [0.1, 0.15) is 5.69 Å². The summed E-state index contributed by atoms with van der Waals surface area (Å²) in [4.78, 5) is 23.3. The highest BCUT2D eigenvalue weighted by molar-refractivity contribution is 8.01. The van der Waals surface area contributed by atoms with Crippen molar-refractivity contribution >= 4 is 80.8 Å². The van der Waals surface area contributed by atoms with Gasteiger partial charge in [-0.05, 0) is 89.2 Å². The second-order valence-corrected chi connectivity index (χ2v) is 17.9. The Morgan fingerprint density at radius 3 is 2.12 bits per heavy atom. The van der Waals surface area contributed by atoms with Gasteiger partial charge in [0.05, 0.1) is 22.0 Å². The summed E-state index contributed by atoms with van der Waals surface area (Å²) in [5, 5.41) is 0. The highest BCUT2D eigenvalue weighted by atomic mass is 32.2. The fourth-order valence-electron chi connectivity index (χ4n) is 7.12. The Kier molecular flexibility index (Phi) is 6.78. The van der Waals surface area contributed by atoms with Crippen LogP contribution >= 0.6 is 35.3 Å². The second-order valence-electron chi connectivity index (χ2n) is 13.3. The zero-order valence-corrected chi connectivity index (χ0v) is 30.5. The summed E-state index contributed by atoms with van der Waals surface area (Å²) < 4.78 is 14.5. The molecule has 0 bridgehead atoms. The van der Waals surface area contributed by atoms with E-state index in [2.05, 4.69) is 104 Å². The fourth-order valence-corrected chi connectivity index (χ4v) is 11.9. The fraction of sp³-hybridized carbons (Fsp3) is 0.150. The molecule has 1 atom stereocenters. The van der Waals surface area contributed by atoms with E-state index < -0.39 is 11.2 Å². The van der Waals surface area contributed by atoms with Crippen molar-refractivity contribution in [3.63, 3.8) is 0 Å². The van der Waals surface area contributed by atoms with Gasteiger partial charge < -0.3 is 4.55 Å². The number of hydrogen-bond donors (Lipinski definition) is 0. The predicted octanol–water partition coefficient (Wildman–Crippen LogP) is 12.2. The number of benzene rings is 4. The summed E-state index contributed by atoms with van der Waals surface area (Å²) in [5.41, 5.74) is 8.99. The first-order valence-corrected chi connectivity index (χ1v) is 20.0. The Morgan fingerprint density at radius 2 is 1.31 bits per heavy atom. The largest absolute Gasteiger partial charge is 0.606 e. The molecule has 4 aromatic carbocycles. The molecule has 0 spiro atoms. The highest BCUT2D eigenvalue weighted by Gasteiger charge is 2.42. The third-order valence-corrected chi connectivity index (χ3v) is 14.4. The summed E-state index contributed by atoms with van der Waals surface area (Å²) in [5.74, 6) is 2.39. The van der Waals surface area contributed by atoms with Gasteiger partial charge in [0.2, 0.25) is 4.90 Å². The van der Waals surface area contributed by atoms with Crippen molar-refractivity contribution in [2.75, 3.05) is 9.80 Å². The van der Waals surface area contributed by atoms with Gasteiger partial charge in [0, 0.05) is 59.7 Å². The molecule has 10 rings (SSSR count). The SMILES string of the molecule is CC(C)c1ccc2c(c1)N1c3ncc(-c4cc(C(C)C)cc5c4Sc4cccc6c4N5c4ncccc4S6)cc3[S+]([O-])c3cccc(c31)S2. The summed E-state index contributed by atoms with van der Waals surface area (Å²) in [7, 11) is 0. The molecule has 240 valence electrons. The summed E-state index contributed by atoms with van der Waals surface area (Å²) in [6.07, 6.45) is 3.87. The third kappa shape index (κ3) is 4.42. The molecule has 49 heavy (non-hydrogen) atoms. The first kappa shape index (κ1) is 30.0. The molecular weight excluding hydrogens is 681 g/mol. The van der Waals surface area contributed by atoms with E-state index >= 15 is 0 Å². The molecule has 1 unspecified atom stereocenters. The van der Waals surface area contributed by atoms with Gasteiger partial charge >= 0.3 is 0 Å². The molecule has 0 saturated carbocycles. The van der Waals surface area contributed by atoms with Gasteiger partial charge in [-0.15, -0.1) is 0 Å². The lowest BCUT2D eigenvalue weighted by Crippen LogP contribution is -2.26. The lowest BCUT2D eigenvalue weighted by Gasteiger charge is -2.38. The lowest BCUT2D eigenvalue weighted by atomic mass is 9.96. The van der Waals surface area contributed by atoms with Crippen molar-refractivity contribution in [2.45, 2.75) is 78.7 Å². The number of para-hydroxylation sites is 2. The van der Waals surface area contributed by atoms with E-state index in [1.54, 1.807) is 35.3 Å². The molecule has 2 aromatic heterocycles. The molecule has 4 aliphatic heterocycles. The Morgan fingerprint density at radius 1 is 0.612 bits per heavy atom. The van der Waals surface area contributed by atoms with Gasteiger partial charge in [-0.3, -0.25) is 9.80 Å². The monoisotopic (exact) mass is 710 g/mol. The lowest BCUT2D eigenvalue weighted by molar-refractivity contribution is 0.593. The van der Waals surface area contributed by atoms with Crippen LogP contribution in [0.4, 0.5) is 34.4 Å². The molecule has 9 heteroatoms. The van der Waals surface area contributed by atoms with Crippen LogP contribution in [-0.4, -0.2) is 14.5 Å². The molecule has 0 N–H and O–H groups in total. The molecule has 0 fully saturated rings. The van der Waals surface area contributed by atoms with Crippen LogP contribution < -0.4 is 9.80 Å². The zero-order chi connectivity index (χ0) is 33.1. The number of nitrogens with zero attached hydrogens (tertiary/aromatic N) is 4. The van der Waals surface area contributed by atoms with E-state index in [0.29, 0.717) is 11.8 Å². The Balaban J connectivity index is 1.19. The number of fused-ring (bicyclic) bond motifs is 8. The first-order valence-electron chi connectivity index (χ1n) is 16.4. The Labute approximate surface area is 301 Å². The molecule has 6 aromatic rings. The van der Waals surface area contributed by atoms with Crippen LogP contribution in [0, 0.1) is 0 Å². The maximum atomic E-state index is 14.5. The topological polar surface area (TPSA) is 55.3 Å². The van der Waals surface area contributed by atoms with Crippen LogP contribution in [0.1, 0.15) is 50.7 Å². The van der Waals surface area contributed by atoms with E-state index in [4.69, 9.17) is 9.97 Å². The Hall–Kier alpha value is -3.86. The standard InChI is InChI=1S/C40H30N4OS4/c1-21(2)23-13-14-29-27(17-23)43-37-32(46-29)10-6-12-34(37)49(45)35-19-25(20-42-40(35)43)26-16-24(22(3)4)18-28-38(26)48-31-9-5-8-30-36(31)44(28)39-33(47-30)11-7-15-41-39/h5-22H,1-4H3. The van der Waals surface area contributed by atoms with Gasteiger partial charge in [0.25, 0.3) is 0 Å². The minimum absolute atomic E-state index is 0.301. The van der Waals surface area contributed by atoms with Crippen LogP contribution in [0.3, 0.4) is 0 Å². The van der Waals surface area contributed by atoms with Crippen LogP contribution in [0.15, 0.2) is 136 Å². The maximum absolute atomic E-state index is 14.5. The number of anilines is 6. The van der Waals surface area contributed by atoms with E-state index in [0.717, 1.165) is 64.3 Å². The number of hydrogen-bond acceptors (Lipinski definition) is 8. The van der Waals surface area contributed by atoms with Crippen molar-refractivity contribution in [1.29, 1.82) is 0 Å². The van der Waals surface area contributed by atoms with Crippen molar-refractivity contribution in [2.24, 2.45) is 0 Å². The molecule has 4 aliphatic rings. The number of rotatable bonds is 3. The minimum Gasteiger partial charge on any atom is -0.606 e. The summed E-state index contributed by atoms with van der Waals surface area (Å²) in [6.45, 7) is 8.93. The van der Waals surface area contributed by atoms with Crippen LogP contribution in [0.5, 0.6) is 0 Å². The minimum atomic E-state index is -1.40. The second kappa shape index (κ2) is 11.1. The zero-order valence-electron chi connectivity index (χ0n) is 27.2. The van der Waals surface area contributed by atoms with Gasteiger partial charge in [0.15, 0.2) is 16.5 Å². The van der Waals surface area contributed by atoms with E-state index in [1.165, 1.54) is 31.5 Å². The molecular formula is C40H30N4OS4. The molecule has 0 radical (unpaired) electrons. The van der Waals surface area contributed by atoms with Crippen molar-refractivity contribution in [3.05, 3.63) is 108 Å². The van der Waals surface area contributed by atoms with Gasteiger partial charge in [-0.2, -0.15) is 0 Å². The molecule has 0 amide bonds. The smallest absolute Gasteiger partial charge is 0.202 e. The Bertz CT molecular complexity index is 2390. The quantitative estimate of drug-likeness (QED) is 0.168. The van der Waals surface area contributed by atoms with Crippen molar-refractivity contribution < 1.29 is 4.55 Å². The molecule has 5 nitrogen and oxygen atoms in total. The predicted molar refractivity (Wildman–Crippen MR) is 202 cm³/mol. The average Bonchev–Trinajstić information content (AvgIpc) is 3.12.